The van der Waals surface area contributed by atoms with Crippen molar-refractivity contribution >= 4 is 31.4 Å². The lowest BCUT2D eigenvalue weighted by molar-refractivity contribution is 0.485. The van der Waals surface area contributed by atoms with Crippen molar-refractivity contribution in [3.63, 3.8) is 0 Å². The predicted molar refractivity (Wildman–Crippen MR) is 101 cm³/mol. The first kappa shape index (κ1) is 21.6. The van der Waals surface area contributed by atoms with Crippen LogP contribution in [0.3, 0.4) is 0 Å². The second-order valence-electron chi connectivity index (χ2n) is 5.90. The highest BCUT2D eigenvalue weighted by molar-refractivity contribution is 7.93. The molecule has 0 amide bonds. The van der Waals surface area contributed by atoms with Gasteiger partial charge in [0.1, 0.15) is 9.79 Å². The van der Waals surface area contributed by atoms with E-state index in [1.807, 2.05) is 9.44 Å². The molecule has 3 aromatic carbocycles. The third kappa shape index (κ3) is 4.39. The molecule has 0 aliphatic heterocycles. The van der Waals surface area contributed by atoms with Gasteiger partial charge in [-0.25, -0.2) is 34.4 Å². The zero-order valence-electron chi connectivity index (χ0n) is 14.7. The van der Waals surface area contributed by atoms with E-state index in [4.69, 9.17) is 0 Å². The Morgan fingerprint density at radius 1 is 0.567 bits per heavy atom. The molecule has 158 valence electrons. The molecule has 0 bridgehead atoms. The van der Waals surface area contributed by atoms with Gasteiger partial charge in [0, 0.05) is 0 Å². The summed E-state index contributed by atoms with van der Waals surface area (Å²) in [6, 6.07) is 9.90. The molecule has 0 aliphatic rings. The molecule has 0 atom stereocenters. The summed E-state index contributed by atoms with van der Waals surface area (Å²) in [6.45, 7) is 0. The summed E-state index contributed by atoms with van der Waals surface area (Å²) >= 11 is 0. The summed E-state index contributed by atoms with van der Waals surface area (Å²) in [6.07, 6.45) is 0. The summed E-state index contributed by atoms with van der Waals surface area (Å²) in [5.41, 5.74) is -0.392. The molecule has 30 heavy (non-hydrogen) atoms. The first-order chi connectivity index (χ1) is 14.0. The molecule has 0 radical (unpaired) electrons. The maximum absolute atomic E-state index is 13.8. The second-order valence-corrected chi connectivity index (χ2v) is 9.20. The Balaban J connectivity index is 1.90. The number of sulfonamides is 2. The third-order valence-corrected chi connectivity index (χ3v) is 6.58. The molecule has 0 saturated heterocycles. The molecule has 0 heterocycles. The number of hydrogen-bond acceptors (Lipinski definition) is 4. The largest absolute Gasteiger partial charge is 0.279 e. The van der Waals surface area contributed by atoms with E-state index in [9.17, 15) is 34.4 Å². The van der Waals surface area contributed by atoms with Crippen molar-refractivity contribution in [1.29, 1.82) is 0 Å². The molecule has 0 unspecified atom stereocenters. The van der Waals surface area contributed by atoms with E-state index in [2.05, 4.69) is 0 Å². The molecule has 3 aromatic rings. The number of halogens is 4. The fraction of sp³-hybridized carbons (Fsp3) is 0. The van der Waals surface area contributed by atoms with Gasteiger partial charge in [0.25, 0.3) is 20.0 Å². The van der Waals surface area contributed by atoms with Gasteiger partial charge in [0.2, 0.25) is 0 Å². The number of benzene rings is 3. The topological polar surface area (TPSA) is 92.3 Å². The minimum absolute atomic E-state index is 0.196. The van der Waals surface area contributed by atoms with E-state index < -0.39 is 53.1 Å². The molecule has 0 spiro atoms. The van der Waals surface area contributed by atoms with Gasteiger partial charge in [0.05, 0.1) is 11.4 Å². The Hall–Kier alpha value is -3.12. The fourth-order valence-corrected chi connectivity index (χ4v) is 4.73. The van der Waals surface area contributed by atoms with Crippen LogP contribution in [0.1, 0.15) is 0 Å². The lowest BCUT2D eigenvalue weighted by Crippen LogP contribution is -2.17. The van der Waals surface area contributed by atoms with E-state index in [0.29, 0.717) is 0 Å². The molecule has 12 heteroatoms. The number of hydrogen-bond donors (Lipinski definition) is 2. The highest BCUT2D eigenvalue weighted by Gasteiger charge is 2.23. The molecular weight excluding hydrogens is 448 g/mol. The fourth-order valence-electron chi connectivity index (χ4n) is 2.45. The van der Waals surface area contributed by atoms with Crippen molar-refractivity contribution in [2.45, 2.75) is 9.79 Å². The monoisotopic (exact) mass is 460 g/mol. The minimum Gasteiger partial charge on any atom is -0.279 e. The first-order valence-corrected chi connectivity index (χ1v) is 11.0. The van der Waals surface area contributed by atoms with Gasteiger partial charge >= 0.3 is 0 Å². The maximum Gasteiger partial charge on any atom is 0.264 e. The van der Waals surface area contributed by atoms with Crippen molar-refractivity contribution < 1.29 is 34.4 Å². The Morgan fingerprint density at radius 2 is 0.933 bits per heavy atom. The summed E-state index contributed by atoms with van der Waals surface area (Å²) in [5, 5.41) is 0. The van der Waals surface area contributed by atoms with Gasteiger partial charge in [-0.05, 0) is 42.5 Å². The molecule has 6 nitrogen and oxygen atoms in total. The van der Waals surface area contributed by atoms with Crippen LogP contribution in [0, 0.1) is 23.3 Å². The normalized spacial score (nSPS) is 11.9. The third-order valence-electron chi connectivity index (χ3n) is 3.78. The second kappa shape index (κ2) is 7.95. The smallest absolute Gasteiger partial charge is 0.264 e. The van der Waals surface area contributed by atoms with Crippen LogP contribution in [0.15, 0.2) is 70.5 Å². The molecule has 0 aliphatic carbocycles. The van der Waals surface area contributed by atoms with E-state index in [0.717, 1.165) is 42.5 Å². The average Bonchev–Trinajstić information content (AvgIpc) is 2.65. The van der Waals surface area contributed by atoms with Crippen LogP contribution in [0.5, 0.6) is 0 Å². The lowest BCUT2D eigenvalue weighted by Gasteiger charge is -2.12. The van der Waals surface area contributed by atoms with Gasteiger partial charge in [-0.2, -0.15) is 0 Å². The zero-order chi connectivity index (χ0) is 22.1. The predicted octanol–water partition coefficient (Wildman–Crippen LogP) is 3.84. The van der Waals surface area contributed by atoms with Gasteiger partial charge in [-0.15, -0.1) is 0 Å². The molecule has 0 aromatic heterocycles. The molecule has 0 fully saturated rings. The van der Waals surface area contributed by atoms with Crippen molar-refractivity contribution in [3.05, 3.63) is 83.9 Å². The van der Waals surface area contributed by atoms with Crippen LogP contribution >= 0.6 is 0 Å². The number of nitrogens with one attached hydrogen (secondary N) is 2. The van der Waals surface area contributed by atoms with Crippen LogP contribution in [0.25, 0.3) is 0 Å². The molecular formula is C18H12F4N2O4S2. The van der Waals surface area contributed by atoms with Crippen LogP contribution in [-0.2, 0) is 20.0 Å². The SMILES string of the molecule is O=S(=O)(Nc1cccc(NS(=O)(=O)c2cccc(F)c2F)c1)c1cccc(F)c1F. The van der Waals surface area contributed by atoms with Crippen LogP contribution in [0.4, 0.5) is 28.9 Å². The van der Waals surface area contributed by atoms with Gasteiger partial charge in [-0.3, -0.25) is 9.44 Å². The van der Waals surface area contributed by atoms with Gasteiger partial charge < -0.3 is 0 Å². The summed E-state index contributed by atoms with van der Waals surface area (Å²) in [4.78, 5) is -1.90. The lowest BCUT2D eigenvalue weighted by atomic mass is 10.3. The Morgan fingerprint density at radius 3 is 1.33 bits per heavy atom. The average molecular weight is 460 g/mol. The standard InChI is InChI=1S/C18H12F4N2O4S2/c19-13-6-2-8-15(17(13)21)29(25,26)23-11-4-1-5-12(10-11)24-30(27,28)16-9-3-7-14(20)18(16)22/h1-10,23-24H. The highest BCUT2D eigenvalue weighted by atomic mass is 32.2. The molecule has 2 N–H and O–H groups in total. The van der Waals surface area contributed by atoms with Crippen molar-refractivity contribution in [2.75, 3.05) is 9.44 Å². The highest BCUT2D eigenvalue weighted by Crippen LogP contribution is 2.25. The maximum atomic E-state index is 13.8. The summed E-state index contributed by atoms with van der Waals surface area (Å²) in [7, 11) is -9.09. The van der Waals surface area contributed by atoms with Crippen LogP contribution < -0.4 is 9.44 Å². The summed E-state index contributed by atoms with van der Waals surface area (Å²) in [5.74, 6) is -5.89. The van der Waals surface area contributed by atoms with E-state index in [-0.39, 0.29) is 11.4 Å². The minimum atomic E-state index is -4.54. The van der Waals surface area contributed by atoms with Crippen LogP contribution in [-0.4, -0.2) is 16.8 Å². The van der Waals surface area contributed by atoms with Crippen LogP contribution in [0.2, 0.25) is 0 Å². The Labute approximate surface area is 169 Å². The van der Waals surface area contributed by atoms with Gasteiger partial charge in [0.15, 0.2) is 23.3 Å². The number of rotatable bonds is 6. The van der Waals surface area contributed by atoms with Crippen molar-refractivity contribution in [2.24, 2.45) is 0 Å². The zero-order valence-corrected chi connectivity index (χ0v) is 16.4. The van der Waals surface area contributed by atoms with Crippen molar-refractivity contribution in [1.82, 2.24) is 0 Å². The molecule has 3 rings (SSSR count). The van der Waals surface area contributed by atoms with E-state index in [1.54, 1.807) is 0 Å². The van der Waals surface area contributed by atoms with Crippen molar-refractivity contribution in [3.8, 4) is 0 Å². The molecule has 0 saturated carbocycles. The Bertz CT molecular complexity index is 1230. The van der Waals surface area contributed by atoms with E-state index >= 15 is 0 Å². The van der Waals surface area contributed by atoms with Gasteiger partial charge in [-0.1, -0.05) is 18.2 Å². The summed E-state index contributed by atoms with van der Waals surface area (Å²) < 4.78 is 108. The Kier molecular flexibility index (Phi) is 5.72. The van der Waals surface area contributed by atoms with E-state index in [1.165, 1.54) is 18.2 Å². The number of anilines is 2. The quantitative estimate of drug-likeness (QED) is 0.547. The first-order valence-electron chi connectivity index (χ1n) is 8.05.